The zero-order valence-corrected chi connectivity index (χ0v) is 19.5. The van der Waals surface area contributed by atoms with Crippen LogP contribution in [0.4, 0.5) is 5.82 Å². The molecule has 0 saturated carbocycles. The molecule has 1 fully saturated rings. The van der Waals surface area contributed by atoms with Gasteiger partial charge in [0.05, 0.1) is 9.88 Å². The van der Waals surface area contributed by atoms with Crippen molar-refractivity contribution in [3.8, 4) is 10.4 Å². The molecule has 1 aromatic carbocycles. The summed E-state index contributed by atoms with van der Waals surface area (Å²) in [6.07, 6.45) is 7.37. The first-order valence-corrected chi connectivity index (χ1v) is 11.7. The van der Waals surface area contributed by atoms with Crippen molar-refractivity contribution in [2.45, 2.75) is 47.1 Å². The number of aromatic nitrogens is 2. The fourth-order valence-electron chi connectivity index (χ4n) is 4.31. The minimum absolute atomic E-state index is 0.614. The van der Waals surface area contributed by atoms with E-state index < -0.39 is 0 Å². The summed E-state index contributed by atoms with van der Waals surface area (Å²) in [7, 11) is 0. The van der Waals surface area contributed by atoms with Crippen LogP contribution in [0.25, 0.3) is 21.2 Å². The zero-order chi connectivity index (χ0) is 21.3. The predicted molar refractivity (Wildman–Crippen MR) is 129 cm³/mol. The van der Waals surface area contributed by atoms with Gasteiger partial charge in [0, 0.05) is 42.6 Å². The third kappa shape index (κ3) is 4.57. The summed E-state index contributed by atoms with van der Waals surface area (Å²) in [6.45, 7) is 13.4. The van der Waals surface area contributed by atoms with E-state index >= 15 is 0 Å². The Hall–Kier alpha value is -2.24. The second kappa shape index (κ2) is 8.86. The molecule has 0 radical (unpaired) electrons. The summed E-state index contributed by atoms with van der Waals surface area (Å²) >= 11 is 1.73. The van der Waals surface area contributed by atoms with Crippen LogP contribution < -0.4 is 5.32 Å². The van der Waals surface area contributed by atoms with E-state index in [2.05, 4.69) is 78.2 Å². The lowest BCUT2D eigenvalue weighted by molar-refractivity contribution is 0.0953. The van der Waals surface area contributed by atoms with Crippen LogP contribution in [-0.2, 0) is 0 Å². The molecule has 0 spiro atoms. The first-order chi connectivity index (χ1) is 14.4. The highest BCUT2D eigenvalue weighted by molar-refractivity contribution is 7.15. The average molecular weight is 421 g/mol. The summed E-state index contributed by atoms with van der Waals surface area (Å²) in [5.41, 5.74) is 2.42. The Morgan fingerprint density at radius 3 is 2.70 bits per heavy atom. The van der Waals surface area contributed by atoms with E-state index in [4.69, 9.17) is 0 Å². The SMILES string of the molecule is C/C=C(\CN1C[C@@H](C)C(C)C[C@H]1C)Nc1cc2cc(-c3cnc(C)s3)ccc2cn1. The minimum Gasteiger partial charge on any atom is -0.343 e. The fraction of sp³-hybridized carbons (Fsp3) is 0.440. The molecule has 1 N–H and O–H groups in total. The number of thiazole rings is 1. The number of hydrogen-bond acceptors (Lipinski definition) is 5. The van der Waals surface area contributed by atoms with Gasteiger partial charge in [-0.15, -0.1) is 11.3 Å². The third-order valence-electron chi connectivity index (χ3n) is 6.47. The smallest absolute Gasteiger partial charge is 0.130 e. The number of hydrogen-bond donors (Lipinski definition) is 1. The van der Waals surface area contributed by atoms with Crippen LogP contribution in [0.2, 0.25) is 0 Å². The average Bonchev–Trinajstić information content (AvgIpc) is 3.17. The monoisotopic (exact) mass is 420 g/mol. The maximum atomic E-state index is 4.66. The molecule has 0 bridgehead atoms. The molecule has 0 amide bonds. The number of piperidine rings is 1. The number of benzene rings is 1. The Kier molecular flexibility index (Phi) is 6.21. The number of likely N-dealkylation sites (tertiary alicyclic amines) is 1. The van der Waals surface area contributed by atoms with E-state index in [9.17, 15) is 0 Å². The molecule has 1 unspecified atom stereocenters. The third-order valence-corrected chi connectivity index (χ3v) is 7.43. The fourth-order valence-corrected chi connectivity index (χ4v) is 5.09. The van der Waals surface area contributed by atoms with Gasteiger partial charge in [0.25, 0.3) is 0 Å². The minimum atomic E-state index is 0.614. The van der Waals surface area contributed by atoms with Crippen LogP contribution in [0.1, 0.15) is 39.1 Å². The quantitative estimate of drug-likeness (QED) is 0.522. The molecule has 2 aromatic heterocycles. The van der Waals surface area contributed by atoms with Crippen LogP contribution in [0, 0.1) is 18.8 Å². The lowest BCUT2D eigenvalue weighted by Crippen LogP contribution is -2.45. The molecular weight excluding hydrogens is 388 g/mol. The molecule has 3 heterocycles. The van der Waals surface area contributed by atoms with E-state index in [1.54, 1.807) is 11.3 Å². The topological polar surface area (TPSA) is 41.0 Å². The molecule has 4 nitrogen and oxygen atoms in total. The summed E-state index contributed by atoms with van der Waals surface area (Å²) in [6, 6.07) is 9.30. The van der Waals surface area contributed by atoms with Crippen molar-refractivity contribution in [1.82, 2.24) is 14.9 Å². The van der Waals surface area contributed by atoms with Crippen LogP contribution in [-0.4, -0.2) is 34.0 Å². The number of anilines is 1. The number of fused-ring (bicyclic) bond motifs is 1. The van der Waals surface area contributed by atoms with E-state index in [0.717, 1.165) is 41.1 Å². The lowest BCUT2D eigenvalue weighted by atomic mass is 9.85. The highest BCUT2D eigenvalue weighted by atomic mass is 32.1. The Morgan fingerprint density at radius 2 is 1.97 bits per heavy atom. The van der Waals surface area contributed by atoms with Crippen molar-refractivity contribution in [2.24, 2.45) is 11.8 Å². The number of rotatable bonds is 5. The van der Waals surface area contributed by atoms with Gasteiger partial charge in [0.2, 0.25) is 0 Å². The van der Waals surface area contributed by atoms with Crippen molar-refractivity contribution in [1.29, 1.82) is 0 Å². The normalized spacial score (nSPS) is 23.1. The number of pyridine rings is 1. The number of nitrogens with zero attached hydrogens (tertiary/aromatic N) is 3. The van der Waals surface area contributed by atoms with Crippen LogP contribution >= 0.6 is 11.3 Å². The zero-order valence-electron chi connectivity index (χ0n) is 18.6. The molecular formula is C25H32N4S. The van der Waals surface area contributed by atoms with Gasteiger partial charge in [-0.2, -0.15) is 0 Å². The van der Waals surface area contributed by atoms with E-state index in [1.807, 2.05) is 19.3 Å². The van der Waals surface area contributed by atoms with Gasteiger partial charge in [-0.1, -0.05) is 32.1 Å². The van der Waals surface area contributed by atoms with Crippen LogP contribution in [0.5, 0.6) is 0 Å². The summed E-state index contributed by atoms with van der Waals surface area (Å²) in [4.78, 5) is 12.9. The van der Waals surface area contributed by atoms with E-state index in [0.29, 0.717) is 6.04 Å². The first-order valence-electron chi connectivity index (χ1n) is 10.9. The molecule has 5 heteroatoms. The largest absolute Gasteiger partial charge is 0.343 e. The van der Waals surface area contributed by atoms with Crippen molar-refractivity contribution in [2.75, 3.05) is 18.4 Å². The van der Waals surface area contributed by atoms with Gasteiger partial charge >= 0.3 is 0 Å². The van der Waals surface area contributed by atoms with Gasteiger partial charge in [-0.05, 0) is 62.1 Å². The lowest BCUT2D eigenvalue weighted by Gasteiger charge is -2.41. The highest BCUT2D eigenvalue weighted by Crippen LogP contribution is 2.30. The molecule has 1 saturated heterocycles. The molecule has 158 valence electrons. The second-order valence-corrected chi connectivity index (χ2v) is 10.0. The van der Waals surface area contributed by atoms with Gasteiger partial charge < -0.3 is 5.32 Å². The van der Waals surface area contributed by atoms with E-state index in [-0.39, 0.29) is 0 Å². The summed E-state index contributed by atoms with van der Waals surface area (Å²) in [5, 5.41) is 7.02. The predicted octanol–water partition coefficient (Wildman–Crippen LogP) is 6.35. The van der Waals surface area contributed by atoms with Crippen molar-refractivity contribution >= 4 is 27.9 Å². The standard InChI is InChI=1S/C25H32N4S/c1-6-23(15-29-14-17(3)16(2)9-18(29)4)28-25-11-22-10-20(7-8-21(22)12-27-25)24-13-26-19(5)30-24/h6-8,10-13,16-18H,9,14-15H2,1-5H3,(H,27,28)/b23-6+/t16?,17-,18-/m1/s1. The second-order valence-electron chi connectivity index (χ2n) is 8.78. The Bertz CT molecular complexity index is 1050. The van der Waals surface area contributed by atoms with Crippen molar-refractivity contribution < 1.29 is 0 Å². The molecule has 4 rings (SSSR count). The molecule has 1 aliphatic heterocycles. The Balaban J connectivity index is 1.52. The van der Waals surface area contributed by atoms with Crippen molar-refractivity contribution in [3.63, 3.8) is 0 Å². The molecule has 3 atom stereocenters. The Labute approximate surface area is 184 Å². The van der Waals surface area contributed by atoms with Gasteiger partial charge in [0.1, 0.15) is 5.82 Å². The summed E-state index contributed by atoms with van der Waals surface area (Å²) in [5.74, 6) is 2.45. The highest BCUT2D eigenvalue weighted by Gasteiger charge is 2.28. The molecule has 0 aliphatic carbocycles. The van der Waals surface area contributed by atoms with Crippen molar-refractivity contribution in [3.05, 3.63) is 53.4 Å². The molecule has 3 aromatic rings. The first kappa shape index (κ1) is 21.0. The molecule has 1 aliphatic rings. The Morgan fingerprint density at radius 1 is 1.13 bits per heavy atom. The molecule has 30 heavy (non-hydrogen) atoms. The van der Waals surface area contributed by atoms with Gasteiger partial charge in [-0.25, -0.2) is 9.97 Å². The maximum Gasteiger partial charge on any atom is 0.130 e. The summed E-state index contributed by atoms with van der Waals surface area (Å²) < 4.78 is 0. The number of aryl methyl sites for hydroxylation is 1. The van der Waals surface area contributed by atoms with Gasteiger partial charge in [0.15, 0.2) is 0 Å². The van der Waals surface area contributed by atoms with Crippen LogP contribution in [0.3, 0.4) is 0 Å². The van der Waals surface area contributed by atoms with Gasteiger partial charge in [-0.3, -0.25) is 4.90 Å². The van der Waals surface area contributed by atoms with E-state index in [1.165, 1.54) is 27.9 Å². The maximum absolute atomic E-state index is 4.66. The number of nitrogens with one attached hydrogen (secondary N) is 1. The van der Waals surface area contributed by atoms with Crippen LogP contribution in [0.15, 0.2) is 48.4 Å². The number of allylic oxidation sites excluding steroid dienone is 1.